The molecule has 1 aromatic heterocycles. The van der Waals surface area contributed by atoms with Gasteiger partial charge in [0.05, 0.1) is 30.0 Å². The van der Waals surface area contributed by atoms with Gasteiger partial charge in [-0.1, -0.05) is 11.6 Å². The Morgan fingerprint density at radius 1 is 1.21 bits per heavy atom. The van der Waals surface area contributed by atoms with E-state index >= 15 is 0 Å². The predicted molar refractivity (Wildman–Crippen MR) is 115 cm³/mol. The molecule has 0 spiro atoms. The third-order valence-corrected chi connectivity index (χ3v) is 5.39. The molecule has 1 amide bonds. The monoisotopic (exact) mass is 390 g/mol. The quantitative estimate of drug-likeness (QED) is 0.700. The molecule has 1 atom stereocenters. The molecule has 3 aromatic rings. The number of carbonyl (C=O) groups is 1. The summed E-state index contributed by atoms with van der Waals surface area (Å²) in [4.78, 5) is 18.0. The highest BCUT2D eigenvalue weighted by Crippen LogP contribution is 2.29. The van der Waals surface area contributed by atoms with Crippen molar-refractivity contribution in [1.29, 1.82) is 0 Å². The number of ether oxygens (including phenoxy) is 2. The lowest BCUT2D eigenvalue weighted by Crippen LogP contribution is -2.32. The fourth-order valence-electron chi connectivity index (χ4n) is 3.89. The lowest BCUT2D eigenvalue weighted by molar-refractivity contribution is 0.0859. The molecule has 1 aliphatic heterocycles. The number of benzene rings is 2. The van der Waals surface area contributed by atoms with Crippen molar-refractivity contribution in [2.24, 2.45) is 0 Å². The van der Waals surface area contributed by atoms with E-state index in [9.17, 15) is 4.79 Å². The molecule has 5 nitrogen and oxygen atoms in total. The summed E-state index contributed by atoms with van der Waals surface area (Å²) in [5, 5.41) is 3.94. The average molecular weight is 390 g/mol. The van der Waals surface area contributed by atoms with Gasteiger partial charge in [0, 0.05) is 24.1 Å². The van der Waals surface area contributed by atoms with Crippen molar-refractivity contribution in [2.45, 2.75) is 32.8 Å². The number of rotatable bonds is 5. The van der Waals surface area contributed by atoms with Gasteiger partial charge in [-0.3, -0.25) is 4.79 Å². The molecule has 2 heterocycles. The molecule has 1 fully saturated rings. The molecule has 4 rings (SSSR count). The molecule has 0 saturated carbocycles. The van der Waals surface area contributed by atoms with E-state index in [1.807, 2.05) is 50.2 Å². The number of methoxy groups -OCH3 is 1. The molecule has 150 valence electrons. The molecule has 1 saturated heterocycles. The van der Waals surface area contributed by atoms with Crippen LogP contribution in [0.5, 0.6) is 5.75 Å². The second-order valence-electron chi connectivity index (χ2n) is 7.61. The molecule has 29 heavy (non-hydrogen) atoms. The highest BCUT2D eigenvalue weighted by Gasteiger charge is 2.19. The molecule has 0 bridgehead atoms. The fraction of sp³-hybridized carbons (Fsp3) is 0.333. The standard InChI is InChI=1S/C24H26N2O3/c1-15-11-16(2)23-20(12-15)21(24(27)25-14-19-5-4-10-29-19)13-22(26-23)17-6-8-18(28-3)9-7-17/h6-9,11-13,19H,4-5,10,14H2,1-3H3,(H,25,27). The highest BCUT2D eigenvalue weighted by atomic mass is 16.5. The first-order valence-electron chi connectivity index (χ1n) is 10.0. The van der Waals surface area contributed by atoms with E-state index < -0.39 is 0 Å². The third kappa shape index (κ3) is 4.10. The zero-order valence-corrected chi connectivity index (χ0v) is 17.1. The van der Waals surface area contributed by atoms with E-state index in [4.69, 9.17) is 14.5 Å². The van der Waals surface area contributed by atoms with Gasteiger partial charge in [-0.25, -0.2) is 4.98 Å². The summed E-state index contributed by atoms with van der Waals surface area (Å²) in [6.45, 7) is 5.39. The van der Waals surface area contributed by atoms with Crippen LogP contribution in [0, 0.1) is 13.8 Å². The van der Waals surface area contributed by atoms with Crippen molar-refractivity contribution < 1.29 is 14.3 Å². The van der Waals surface area contributed by atoms with Crippen LogP contribution >= 0.6 is 0 Å². The van der Waals surface area contributed by atoms with Crippen LogP contribution < -0.4 is 10.1 Å². The number of aryl methyl sites for hydroxylation is 2. The maximum Gasteiger partial charge on any atom is 0.252 e. The van der Waals surface area contributed by atoms with E-state index in [1.165, 1.54) is 0 Å². The van der Waals surface area contributed by atoms with Gasteiger partial charge in [0.15, 0.2) is 0 Å². The topological polar surface area (TPSA) is 60.5 Å². The van der Waals surface area contributed by atoms with E-state index in [0.29, 0.717) is 12.1 Å². The summed E-state index contributed by atoms with van der Waals surface area (Å²) in [6, 6.07) is 13.7. The molecule has 2 aromatic carbocycles. The van der Waals surface area contributed by atoms with E-state index in [2.05, 4.69) is 11.4 Å². The summed E-state index contributed by atoms with van der Waals surface area (Å²) >= 11 is 0. The summed E-state index contributed by atoms with van der Waals surface area (Å²) in [6.07, 6.45) is 2.15. The van der Waals surface area contributed by atoms with Gasteiger partial charge >= 0.3 is 0 Å². The summed E-state index contributed by atoms with van der Waals surface area (Å²) in [7, 11) is 1.64. The number of carbonyl (C=O) groups excluding carboxylic acids is 1. The van der Waals surface area contributed by atoms with Crippen molar-refractivity contribution in [3.8, 4) is 17.0 Å². The second-order valence-corrected chi connectivity index (χ2v) is 7.61. The van der Waals surface area contributed by atoms with E-state index in [0.717, 1.165) is 58.5 Å². The molecule has 1 aliphatic rings. The normalized spacial score (nSPS) is 16.2. The Hall–Kier alpha value is -2.92. The van der Waals surface area contributed by atoms with E-state index in [1.54, 1.807) is 7.11 Å². The molecule has 1 N–H and O–H groups in total. The van der Waals surface area contributed by atoms with Gasteiger partial charge in [-0.05, 0) is 68.7 Å². The largest absolute Gasteiger partial charge is 0.497 e. The summed E-state index contributed by atoms with van der Waals surface area (Å²) in [5.74, 6) is 0.698. The number of amides is 1. The highest BCUT2D eigenvalue weighted by molar-refractivity contribution is 6.08. The number of pyridine rings is 1. The van der Waals surface area contributed by atoms with Crippen LogP contribution in [-0.2, 0) is 4.74 Å². The average Bonchev–Trinajstić information content (AvgIpc) is 3.25. The third-order valence-electron chi connectivity index (χ3n) is 5.39. The first-order chi connectivity index (χ1) is 14.0. The van der Waals surface area contributed by atoms with Crippen molar-refractivity contribution in [2.75, 3.05) is 20.3 Å². The number of hydrogen-bond donors (Lipinski definition) is 1. The molecule has 5 heteroatoms. The van der Waals surface area contributed by atoms with Gasteiger partial charge in [0.2, 0.25) is 0 Å². The smallest absolute Gasteiger partial charge is 0.252 e. The zero-order valence-electron chi connectivity index (χ0n) is 17.1. The van der Waals surface area contributed by atoms with Crippen LogP contribution in [0.2, 0.25) is 0 Å². The van der Waals surface area contributed by atoms with Crippen LogP contribution in [0.4, 0.5) is 0 Å². The number of aromatic nitrogens is 1. The lowest BCUT2D eigenvalue weighted by Gasteiger charge is -2.15. The van der Waals surface area contributed by atoms with Gasteiger partial charge in [-0.2, -0.15) is 0 Å². The Bertz CT molecular complexity index is 1040. The Balaban J connectivity index is 1.76. The maximum absolute atomic E-state index is 13.1. The molecule has 1 unspecified atom stereocenters. The molecular weight excluding hydrogens is 364 g/mol. The van der Waals surface area contributed by atoms with Crippen LogP contribution in [-0.4, -0.2) is 37.3 Å². The molecule has 0 radical (unpaired) electrons. The maximum atomic E-state index is 13.1. The fourth-order valence-corrected chi connectivity index (χ4v) is 3.89. The molecule has 0 aliphatic carbocycles. The minimum Gasteiger partial charge on any atom is -0.497 e. The van der Waals surface area contributed by atoms with E-state index in [-0.39, 0.29) is 12.0 Å². The predicted octanol–water partition coefficient (Wildman–Crippen LogP) is 4.44. The first-order valence-corrected chi connectivity index (χ1v) is 10.0. The Kier molecular flexibility index (Phi) is 5.49. The Labute approximate surface area is 171 Å². The lowest BCUT2D eigenvalue weighted by atomic mass is 9.99. The number of fused-ring (bicyclic) bond motifs is 1. The minimum absolute atomic E-state index is 0.0901. The van der Waals surface area contributed by atoms with Crippen molar-refractivity contribution in [3.63, 3.8) is 0 Å². The van der Waals surface area contributed by atoms with Gasteiger partial charge in [-0.15, -0.1) is 0 Å². The van der Waals surface area contributed by atoms with Crippen molar-refractivity contribution in [1.82, 2.24) is 10.3 Å². The number of nitrogens with one attached hydrogen (secondary N) is 1. The van der Waals surface area contributed by atoms with Gasteiger partial charge in [0.25, 0.3) is 5.91 Å². The number of hydrogen-bond acceptors (Lipinski definition) is 4. The Morgan fingerprint density at radius 3 is 2.69 bits per heavy atom. The van der Waals surface area contributed by atoms with Gasteiger partial charge < -0.3 is 14.8 Å². The van der Waals surface area contributed by atoms with Crippen LogP contribution in [0.3, 0.4) is 0 Å². The van der Waals surface area contributed by atoms with Gasteiger partial charge in [0.1, 0.15) is 5.75 Å². The number of nitrogens with zero attached hydrogens (tertiary/aromatic N) is 1. The second kappa shape index (κ2) is 8.21. The summed E-state index contributed by atoms with van der Waals surface area (Å²) in [5.41, 5.74) is 5.39. The summed E-state index contributed by atoms with van der Waals surface area (Å²) < 4.78 is 10.9. The van der Waals surface area contributed by atoms with Crippen LogP contribution in [0.1, 0.15) is 34.3 Å². The SMILES string of the molecule is COc1ccc(-c2cc(C(=O)NCC3CCCO3)c3cc(C)cc(C)c3n2)cc1. The molecular formula is C24H26N2O3. The Morgan fingerprint density at radius 2 is 2.00 bits per heavy atom. The van der Waals surface area contributed by atoms with Crippen LogP contribution in [0.25, 0.3) is 22.2 Å². The van der Waals surface area contributed by atoms with Crippen molar-refractivity contribution >= 4 is 16.8 Å². The first kappa shape index (κ1) is 19.4. The zero-order chi connectivity index (χ0) is 20.4. The van der Waals surface area contributed by atoms with Crippen LogP contribution in [0.15, 0.2) is 42.5 Å². The van der Waals surface area contributed by atoms with Crippen molar-refractivity contribution in [3.05, 3.63) is 59.2 Å². The minimum atomic E-state index is -0.0901.